The summed E-state index contributed by atoms with van der Waals surface area (Å²) in [5.41, 5.74) is 9.38. The summed E-state index contributed by atoms with van der Waals surface area (Å²) < 4.78 is 7.00. The zero-order chi connectivity index (χ0) is 13.3. The maximum absolute atomic E-state index is 6.12. The smallest absolute Gasteiger partial charge is 0.141 e. The van der Waals surface area contributed by atoms with Gasteiger partial charge in [-0.2, -0.15) is 5.10 Å². The van der Waals surface area contributed by atoms with Gasteiger partial charge in [0.15, 0.2) is 0 Å². The number of nitrogen functional groups attached to an aromatic ring is 1. The second-order valence-electron chi connectivity index (χ2n) is 4.22. The number of halogens is 1. The molecule has 0 atom stereocenters. The number of benzene rings is 1. The fourth-order valence-corrected chi connectivity index (χ4v) is 2.02. The quantitative estimate of drug-likeness (QED) is 0.869. The van der Waals surface area contributed by atoms with Gasteiger partial charge < -0.3 is 10.5 Å². The number of anilines is 1. The van der Waals surface area contributed by atoms with Crippen molar-refractivity contribution in [3.05, 3.63) is 40.2 Å². The predicted molar refractivity (Wildman–Crippen MR) is 73.2 cm³/mol. The van der Waals surface area contributed by atoms with E-state index in [2.05, 4.69) is 5.10 Å². The van der Waals surface area contributed by atoms with Crippen LogP contribution in [0.4, 0.5) is 5.69 Å². The molecule has 0 fully saturated rings. The normalized spacial score (nSPS) is 10.7. The molecule has 0 radical (unpaired) electrons. The molecule has 2 N–H and O–H groups in total. The van der Waals surface area contributed by atoms with Crippen molar-refractivity contribution in [2.75, 3.05) is 12.8 Å². The molecule has 0 bridgehead atoms. The van der Waals surface area contributed by atoms with Crippen LogP contribution in [0.1, 0.15) is 17.0 Å². The molecule has 5 heteroatoms. The molecule has 0 unspecified atom stereocenters. The molecule has 18 heavy (non-hydrogen) atoms. The Morgan fingerprint density at radius 3 is 2.61 bits per heavy atom. The van der Waals surface area contributed by atoms with Crippen molar-refractivity contribution in [2.24, 2.45) is 0 Å². The Labute approximate surface area is 111 Å². The zero-order valence-electron chi connectivity index (χ0n) is 10.7. The molecule has 0 spiro atoms. The van der Waals surface area contributed by atoms with Crippen molar-refractivity contribution < 1.29 is 4.74 Å². The molecule has 2 rings (SSSR count). The number of aryl methyl sites for hydroxylation is 1. The predicted octanol–water partition coefficient (Wildman–Crippen LogP) is 2.79. The minimum atomic E-state index is 0.627. The number of nitrogens with two attached hydrogens (primary N) is 1. The number of hydrogen-bond acceptors (Lipinski definition) is 3. The van der Waals surface area contributed by atoms with Crippen LogP contribution in [0, 0.1) is 13.8 Å². The molecular formula is C13H16ClN3O. The third kappa shape index (κ3) is 2.29. The van der Waals surface area contributed by atoms with Gasteiger partial charge >= 0.3 is 0 Å². The number of ether oxygens (including phenoxy) is 1. The van der Waals surface area contributed by atoms with Gasteiger partial charge in [-0.1, -0.05) is 17.7 Å². The summed E-state index contributed by atoms with van der Waals surface area (Å²) in [5, 5.41) is 5.11. The van der Waals surface area contributed by atoms with Crippen LogP contribution in [0.3, 0.4) is 0 Å². The van der Waals surface area contributed by atoms with Gasteiger partial charge in [-0.25, -0.2) is 0 Å². The van der Waals surface area contributed by atoms with Crippen molar-refractivity contribution >= 4 is 17.3 Å². The first-order valence-corrected chi connectivity index (χ1v) is 6.02. The molecule has 2 aromatic rings. The van der Waals surface area contributed by atoms with Gasteiger partial charge in [0.05, 0.1) is 35.8 Å². The van der Waals surface area contributed by atoms with E-state index in [1.165, 1.54) is 0 Å². The maximum Gasteiger partial charge on any atom is 0.141 e. The topological polar surface area (TPSA) is 53.1 Å². The lowest BCUT2D eigenvalue weighted by Crippen LogP contribution is -2.05. The molecular weight excluding hydrogens is 250 g/mol. The van der Waals surface area contributed by atoms with Crippen LogP contribution in [-0.2, 0) is 6.54 Å². The van der Waals surface area contributed by atoms with Gasteiger partial charge in [0, 0.05) is 0 Å². The fraction of sp³-hybridized carbons (Fsp3) is 0.308. The Kier molecular flexibility index (Phi) is 3.48. The lowest BCUT2D eigenvalue weighted by atomic mass is 10.2. The molecule has 1 aromatic heterocycles. The standard InChI is InChI=1S/C13H16ClN3O/c1-8-13(14)9(2)17(16-8)7-10-4-5-12(18-3)11(15)6-10/h4-6H,7,15H2,1-3H3. The highest BCUT2D eigenvalue weighted by Gasteiger charge is 2.10. The highest BCUT2D eigenvalue weighted by molar-refractivity contribution is 6.31. The molecule has 0 aliphatic carbocycles. The third-order valence-electron chi connectivity index (χ3n) is 2.92. The van der Waals surface area contributed by atoms with E-state index >= 15 is 0 Å². The molecule has 1 aromatic carbocycles. The van der Waals surface area contributed by atoms with E-state index in [0.29, 0.717) is 18.0 Å². The van der Waals surface area contributed by atoms with E-state index in [1.807, 2.05) is 36.7 Å². The first kappa shape index (κ1) is 12.8. The number of rotatable bonds is 3. The van der Waals surface area contributed by atoms with E-state index in [1.54, 1.807) is 7.11 Å². The zero-order valence-corrected chi connectivity index (χ0v) is 11.5. The number of aromatic nitrogens is 2. The van der Waals surface area contributed by atoms with Gasteiger partial charge in [-0.05, 0) is 31.5 Å². The average molecular weight is 266 g/mol. The largest absolute Gasteiger partial charge is 0.495 e. The molecule has 0 aliphatic rings. The van der Waals surface area contributed by atoms with Crippen LogP contribution in [0.2, 0.25) is 5.02 Å². The first-order chi connectivity index (χ1) is 8.52. The first-order valence-electron chi connectivity index (χ1n) is 5.65. The average Bonchev–Trinajstić information content (AvgIpc) is 2.57. The summed E-state index contributed by atoms with van der Waals surface area (Å²) in [6.07, 6.45) is 0. The Morgan fingerprint density at radius 2 is 2.11 bits per heavy atom. The second-order valence-corrected chi connectivity index (χ2v) is 4.60. The molecule has 4 nitrogen and oxygen atoms in total. The summed E-state index contributed by atoms with van der Waals surface area (Å²) in [5.74, 6) is 0.685. The van der Waals surface area contributed by atoms with Crippen molar-refractivity contribution in [3.8, 4) is 5.75 Å². The van der Waals surface area contributed by atoms with Gasteiger partial charge in [0.25, 0.3) is 0 Å². The summed E-state index contributed by atoms with van der Waals surface area (Å²) >= 11 is 6.12. The van der Waals surface area contributed by atoms with E-state index in [9.17, 15) is 0 Å². The summed E-state index contributed by atoms with van der Waals surface area (Å²) in [6, 6.07) is 5.72. The number of nitrogens with zero attached hydrogens (tertiary/aromatic N) is 2. The molecule has 0 aliphatic heterocycles. The number of methoxy groups -OCH3 is 1. The molecule has 0 saturated carbocycles. The summed E-state index contributed by atoms with van der Waals surface area (Å²) in [6.45, 7) is 4.50. The highest BCUT2D eigenvalue weighted by atomic mass is 35.5. The van der Waals surface area contributed by atoms with Gasteiger partial charge in [0.1, 0.15) is 5.75 Å². The highest BCUT2D eigenvalue weighted by Crippen LogP contribution is 2.24. The van der Waals surface area contributed by atoms with E-state index in [0.717, 1.165) is 22.0 Å². The van der Waals surface area contributed by atoms with Gasteiger partial charge in [-0.3, -0.25) is 4.68 Å². The second kappa shape index (κ2) is 4.90. The van der Waals surface area contributed by atoms with Crippen molar-refractivity contribution in [2.45, 2.75) is 20.4 Å². The third-order valence-corrected chi connectivity index (χ3v) is 3.47. The van der Waals surface area contributed by atoms with Crippen molar-refractivity contribution in [1.82, 2.24) is 9.78 Å². The lowest BCUT2D eigenvalue weighted by molar-refractivity contribution is 0.417. The SMILES string of the molecule is COc1ccc(Cn2nc(C)c(Cl)c2C)cc1N. The van der Waals surface area contributed by atoms with Crippen LogP contribution in [0.15, 0.2) is 18.2 Å². The van der Waals surface area contributed by atoms with E-state index < -0.39 is 0 Å². The maximum atomic E-state index is 6.12. The fourth-order valence-electron chi connectivity index (χ4n) is 1.88. The van der Waals surface area contributed by atoms with Crippen LogP contribution < -0.4 is 10.5 Å². The molecule has 0 amide bonds. The van der Waals surface area contributed by atoms with Crippen LogP contribution in [0.25, 0.3) is 0 Å². The van der Waals surface area contributed by atoms with Crippen LogP contribution in [0.5, 0.6) is 5.75 Å². The molecule has 1 heterocycles. The van der Waals surface area contributed by atoms with E-state index in [-0.39, 0.29) is 0 Å². The minimum absolute atomic E-state index is 0.627. The summed E-state index contributed by atoms with van der Waals surface area (Å²) in [7, 11) is 1.60. The van der Waals surface area contributed by atoms with Crippen molar-refractivity contribution in [1.29, 1.82) is 0 Å². The Bertz CT molecular complexity index is 578. The van der Waals surface area contributed by atoms with Crippen LogP contribution in [-0.4, -0.2) is 16.9 Å². The Hall–Kier alpha value is -1.68. The monoisotopic (exact) mass is 265 g/mol. The Morgan fingerprint density at radius 1 is 1.39 bits per heavy atom. The van der Waals surface area contributed by atoms with Gasteiger partial charge in [0.2, 0.25) is 0 Å². The molecule has 96 valence electrons. The number of hydrogen-bond donors (Lipinski definition) is 1. The minimum Gasteiger partial charge on any atom is -0.495 e. The van der Waals surface area contributed by atoms with Crippen LogP contribution >= 0.6 is 11.6 Å². The Balaban J connectivity index is 2.28. The van der Waals surface area contributed by atoms with Crippen molar-refractivity contribution in [3.63, 3.8) is 0 Å². The lowest BCUT2D eigenvalue weighted by Gasteiger charge is -2.08. The van der Waals surface area contributed by atoms with E-state index in [4.69, 9.17) is 22.1 Å². The molecule has 0 saturated heterocycles. The van der Waals surface area contributed by atoms with Gasteiger partial charge in [-0.15, -0.1) is 0 Å². The summed E-state index contributed by atoms with van der Waals surface area (Å²) in [4.78, 5) is 0.